The van der Waals surface area contributed by atoms with Gasteiger partial charge >= 0.3 is 6.09 Å². The summed E-state index contributed by atoms with van der Waals surface area (Å²) in [6, 6.07) is 3.47. The number of benzene rings is 1. The van der Waals surface area contributed by atoms with Gasteiger partial charge in [-0.3, -0.25) is 10.2 Å². The summed E-state index contributed by atoms with van der Waals surface area (Å²) in [6.45, 7) is 5.09. The van der Waals surface area contributed by atoms with E-state index >= 15 is 0 Å². The summed E-state index contributed by atoms with van der Waals surface area (Å²) in [7, 11) is 0. The SMILES string of the molecule is CC(C)(C)N(NC(=O)O)NC(=O)c1ccc(F)c(Cl)c1. The summed E-state index contributed by atoms with van der Waals surface area (Å²) in [5.41, 5.74) is 3.84. The van der Waals surface area contributed by atoms with Crippen molar-refractivity contribution in [2.75, 3.05) is 0 Å². The molecule has 8 heteroatoms. The van der Waals surface area contributed by atoms with E-state index in [1.165, 1.54) is 6.07 Å². The first-order valence-electron chi connectivity index (χ1n) is 5.67. The minimum absolute atomic E-state index is 0.109. The zero-order chi connectivity index (χ0) is 15.5. The van der Waals surface area contributed by atoms with Crippen LogP contribution in [0.4, 0.5) is 9.18 Å². The van der Waals surface area contributed by atoms with Crippen molar-refractivity contribution in [2.45, 2.75) is 26.3 Å². The number of carbonyl (C=O) groups is 2. The molecule has 2 amide bonds. The summed E-state index contributed by atoms with van der Waals surface area (Å²) >= 11 is 5.59. The second kappa shape index (κ2) is 6.06. The van der Waals surface area contributed by atoms with Crippen LogP contribution < -0.4 is 10.9 Å². The van der Waals surface area contributed by atoms with Crippen LogP contribution >= 0.6 is 11.6 Å². The maximum Gasteiger partial charge on any atom is 0.420 e. The van der Waals surface area contributed by atoms with Crippen LogP contribution in [0.15, 0.2) is 18.2 Å². The Labute approximate surface area is 120 Å². The predicted octanol–water partition coefficient (Wildman–Crippen LogP) is 2.41. The minimum Gasteiger partial charge on any atom is -0.464 e. The summed E-state index contributed by atoms with van der Waals surface area (Å²) in [6.07, 6.45) is -1.32. The Morgan fingerprint density at radius 1 is 1.30 bits per heavy atom. The van der Waals surface area contributed by atoms with Gasteiger partial charge in [0.15, 0.2) is 0 Å². The van der Waals surface area contributed by atoms with E-state index < -0.39 is 23.4 Å². The molecule has 110 valence electrons. The number of rotatable bonds is 3. The number of carboxylic acid groups (broad SMARTS) is 1. The number of nitrogens with zero attached hydrogens (tertiary/aromatic N) is 1. The Morgan fingerprint density at radius 2 is 1.90 bits per heavy atom. The molecule has 0 bridgehead atoms. The van der Waals surface area contributed by atoms with Gasteiger partial charge in [0.25, 0.3) is 5.91 Å². The van der Waals surface area contributed by atoms with Gasteiger partial charge in [-0.1, -0.05) is 11.6 Å². The fourth-order valence-corrected chi connectivity index (χ4v) is 1.44. The van der Waals surface area contributed by atoms with Crippen LogP contribution in [0.2, 0.25) is 5.02 Å². The van der Waals surface area contributed by atoms with Crippen LogP contribution in [0.25, 0.3) is 0 Å². The van der Waals surface area contributed by atoms with Gasteiger partial charge in [0.1, 0.15) is 5.82 Å². The minimum atomic E-state index is -1.32. The summed E-state index contributed by atoms with van der Waals surface area (Å²) in [4.78, 5) is 22.7. The van der Waals surface area contributed by atoms with Gasteiger partial charge in [0.05, 0.1) is 10.6 Å². The van der Waals surface area contributed by atoms with Gasteiger partial charge in [0, 0.05) is 5.56 Å². The van der Waals surface area contributed by atoms with Crippen molar-refractivity contribution in [3.8, 4) is 0 Å². The smallest absolute Gasteiger partial charge is 0.420 e. The van der Waals surface area contributed by atoms with Gasteiger partial charge in [-0.05, 0) is 39.0 Å². The number of nitrogens with one attached hydrogen (secondary N) is 2. The van der Waals surface area contributed by atoms with Crippen molar-refractivity contribution in [1.29, 1.82) is 0 Å². The molecule has 0 saturated heterocycles. The number of amides is 2. The molecule has 1 rings (SSSR count). The standard InChI is InChI=1S/C12H15ClFN3O3/c1-12(2,3)17(16-11(19)20)15-10(18)7-4-5-9(14)8(13)6-7/h4-6,16H,1-3H3,(H,15,18)(H,19,20). The zero-order valence-electron chi connectivity index (χ0n) is 11.2. The van der Waals surface area contributed by atoms with E-state index in [2.05, 4.69) is 10.9 Å². The van der Waals surface area contributed by atoms with Crippen molar-refractivity contribution in [2.24, 2.45) is 0 Å². The highest BCUT2D eigenvalue weighted by atomic mass is 35.5. The molecule has 1 aromatic carbocycles. The molecule has 0 aliphatic carbocycles. The highest BCUT2D eigenvalue weighted by molar-refractivity contribution is 6.31. The predicted molar refractivity (Wildman–Crippen MR) is 71.6 cm³/mol. The normalized spacial score (nSPS) is 11.3. The van der Waals surface area contributed by atoms with E-state index in [-0.39, 0.29) is 10.6 Å². The van der Waals surface area contributed by atoms with Crippen LogP contribution in [0.5, 0.6) is 0 Å². The molecule has 0 aliphatic rings. The molecular weight excluding hydrogens is 289 g/mol. The molecule has 6 nitrogen and oxygen atoms in total. The molecule has 0 fully saturated rings. The van der Waals surface area contributed by atoms with Crippen LogP contribution in [-0.2, 0) is 0 Å². The fourth-order valence-electron chi connectivity index (χ4n) is 1.26. The van der Waals surface area contributed by atoms with Gasteiger partial charge in [0.2, 0.25) is 0 Å². The molecule has 0 radical (unpaired) electrons. The molecule has 0 unspecified atom stereocenters. The molecule has 20 heavy (non-hydrogen) atoms. The lowest BCUT2D eigenvalue weighted by Gasteiger charge is -2.34. The lowest BCUT2D eigenvalue weighted by molar-refractivity contribution is 0.0175. The third-order valence-electron chi connectivity index (χ3n) is 2.27. The molecular formula is C12H15ClFN3O3. The molecule has 1 aromatic rings. The fraction of sp³-hybridized carbons (Fsp3) is 0.333. The molecule has 0 heterocycles. The molecule has 0 atom stereocenters. The molecule has 0 spiro atoms. The third-order valence-corrected chi connectivity index (χ3v) is 2.56. The van der Waals surface area contributed by atoms with Crippen LogP contribution in [0.3, 0.4) is 0 Å². The maximum atomic E-state index is 13.0. The van der Waals surface area contributed by atoms with Gasteiger partial charge in [-0.15, -0.1) is 5.12 Å². The number of carbonyl (C=O) groups excluding carboxylic acids is 1. The van der Waals surface area contributed by atoms with Crippen LogP contribution in [-0.4, -0.2) is 27.8 Å². The maximum absolute atomic E-state index is 13.0. The molecule has 0 saturated carbocycles. The van der Waals surface area contributed by atoms with E-state index in [4.69, 9.17) is 16.7 Å². The first-order chi connectivity index (χ1) is 9.11. The first-order valence-corrected chi connectivity index (χ1v) is 6.05. The summed E-state index contributed by atoms with van der Waals surface area (Å²) < 4.78 is 13.0. The van der Waals surface area contributed by atoms with Crippen molar-refractivity contribution in [3.05, 3.63) is 34.6 Å². The zero-order valence-corrected chi connectivity index (χ0v) is 12.0. The van der Waals surface area contributed by atoms with Gasteiger partial charge in [-0.25, -0.2) is 14.6 Å². The first kappa shape index (κ1) is 16.2. The van der Waals surface area contributed by atoms with Gasteiger partial charge < -0.3 is 5.11 Å². The largest absolute Gasteiger partial charge is 0.464 e. The van der Waals surface area contributed by atoms with Crippen LogP contribution in [0, 0.1) is 5.82 Å². The topological polar surface area (TPSA) is 81.7 Å². The quantitative estimate of drug-likeness (QED) is 0.749. The Balaban J connectivity index is 2.90. The summed E-state index contributed by atoms with van der Waals surface area (Å²) in [5.74, 6) is -1.25. The summed E-state index contributed by atoms with van der Waals surface area (Å²) in [5, 5.41) is 9.58. The van der Waals surface area contributed by atoms with Crippen LogP contribution in [0.1, 0.15) is 31.1 Å². The van der Waals surface area contributed by atoms with E-state index in [9.17, 15) is 14.0 Å². The highest BCUT2D eigenvalue weighted by Gasteiger charge is 2.25. The number of halogens is 2. The van der Waals surface area contributed by atoms with E-state index in [0.717, 1.165) is 17.3 Å². The number of hydrazine groups is 2. The van der Waals surface area contributed by atoms with Crippen molar-refractivity contribution >= 4 is 23.6 Å². The number of hydrogen-bond donors (Lipinski definition) is 3. The van der Waals surface area contributed by atoms with E-state index in [0.29, 0.717) is 0 Å². The second-order valence-electron chi connectivity index (χ2n) is 4.99. The average molecular weight is 304 g/mol. The average Bonchev–Trinajstić information content (AvgIpc) is 2.30. The Morgan fingerprint density at radius 3 is 2.35 bits per heavy atom. The van der Waals surface area contributed by atoms with E-state index in [1.807, 2.05) is 0 Å². The second-order valence-corrected chi connectivity index (χ2v) is 5.40. The molecule has 3 N–H and O–H groups in total. The Bertz CT molecular complexity index is 531. The lowest BCUT2D eigenvalue weighted by Crippen LogP contribution is -2.60. The van der Waals surface area contributed by atoms with Gasteiger partial charge in [-0.2, -0.15) is 0 Å². The molecule has 0 aromatic heterocycles. The van der Waals surface area contributed by atoms with E-state index in [1.54, 1.807) is 20.8 Å². The third kappa shape index (κ3) is 4.36. The van der Waals surface area contributed by atoms with Crippen molar-refractivity contribution in [3.63, 3.8) is 0 Å². The Kier molecular flexibility index (Phi) is 4.91. The Hall–Kier alpha value is -1.86. The monoisotopic (exact) mass is 303 g/mol. The molecule has 0 aliphatic heterocycles. The van der Waals surface area contributed by atoms with Crippen molar-refractivity contribution in [1.82, 2.24) is 16.0 Å². The highest BCUT2D eigenvalue weighted by Crippen LogP contribution is 2.16. The van der Waals surface area contributed by atoms with Crippen molar-refractivity contribution < 1.29 is 19.1 Å². The lowest BCUT2D eigenvalue weighted by atomic mass is 10.1. The number of hydrogen-bond acceptors (Lipinski definition) is 3.